The van der Waals surface area contributed by atoms with Gasteiger partial charge in [-0.05, 0) is 86.6 Å². The van der Waals surface area contributed by atoms with E-state index in [1.54, 1.807) is 0 Å². The van der Waals surface area contributed by atoms with Crippen molar-refractivity contribution in [3.05, 3.63) is 118 Å². The normalized spacial score (nSPS) is 13.0. The lowest BCUT2D eigenvalue weighted by molar-refractivity contribution is 0.00615. The summed E-state index contributed by atoms with van der Waals surface area (Å²) in [5.41, 5.74) is 5.34. The Morgan fingerprint density at radius 1 is 0.907 bits per heavy atom. The van der Waals surface area contributed by atoms with Crippen molar-refractivity contribution in [3.63, 3.8) is 0 Å². The van der Waals surface area contributed by atoms with Gasteiger partial charge in [0, 0.05) is 18.7 Å². The molecule has 218 valence electrons. The van der Waals surface area contributed by atoms with Crippen LogP contribution >= 0.6 is 11.3 Å². The molecule has 0 unspecified atom stereocenters. The van der Waals surface area contributed by atoms with Gasteiger partial charge >= 0.3 is 5.97 Å². The molecule has 8 heteroatoms. The Morgan fingerprint density at radius 2 is 1.70 bits per heavy atom. The Labute approximate surface area is 255 Å². The van der Waals surface area contributed by atoms with Crippen LogP contribution in [0, 0.1) is 0 Å². The molecule has 6 rings (SSSR count). The number of rotatable bonds is 7. The largest absolute Gasteiger partial charge is 0.455 e. The number of esters is 1. The molecule has 0 saturated heterocycles. The van der Waals surface area contributed by atoms with Crippen molar-refractivity contribution in [2.45, 2.75) is 52.2 Å². The fourth-order valence-corrected chi connectivity index (χ4v) is 6.22. The molecule has 1 amide bonds. The Bertz CT molecular complexity index is 1760. The van der Waals surface area contributed by atoms with E-state index < -0.39 is 11.6 Å². The Hall–Kier alpha value is -4.56. The number of pyridine rings is 1. The third-order valence-electron chi connectivity index (χ3n) is 7.44. The first kappa shape index (κ1) is 28.6. The number of hydrogen-bond acceptors (Lipinski definition) is 7. The third kappa shape index (κ3) is 6.60. The number of nitrogens with zero attached hydrogens (tertiary/aromatic N) is 3. The van der Waals surface area contributed by atoms with Crippen LogP contribution in [0.15, 0.2) is 84.9 Å². The van der Waals surface area contributed by atoms with Crippen molar-refractivity contribution in [1.29, 1.82) is 0 Å². The summed E-state index contributed by atoms with van der Waals surface area (Å²) >= 11 is 1.46. The molecule has 1 aliphatic rings. The number of benzene rings is 3. The van der Waals surface area contributed by atoms with Crippen LogP contribution < -0.4 is 10.2 Å². The summed E-state index contributed by atoms with van der Waals surface area (Å²) in [6, 6.07) is 27.9. The number of para-hydroxylation sites is 1. The Morgan fingerprint density at radius 3 is 2.49 bits per heavy atom. The van der Waals surface area contributed by atoms with Crippen LogP contribution in [0.1, 0.15) is 63.9 Å². The molecule has 0 saturated carbocycles. The fraction of sp³-hybridized carbons (Fsp3) is 0.257. The number of fused-ring (bicyclic) bond motifs is 2. The number of ether oxygens (including phenoxy) is 1. The molecule has 5 aromatic rings. The van der Waals surface area contributed by atoms with Crippen LogP contribution in [-0.4, -0.2) is 34.0 Å². The topological polar surface area (TPSA) is 84.4 Å². The highest BCUT2D eigenvalue weighted by atomic mass is 32.1. The lowest BCUT2D eigenvalue weighted by Gasteiger charge is -2.31. The lowest BCUT2D eigenvalue weighted by atomic mass is 9.94. The van der Waals surface area contributed by atoms with E-state index in [4.69, 9.17) is 9.72 Å². The molecule has 1 aliphatic heterocycles. The van der Waals surface area contributed by atoms with Crippen molar-refractivity contribution < 1.29 is 14.3 Å². The van der Waals surface area contributed by atoms with Crippen LogP contribution in [0.4, 0.5) is 10.9 Å². The highest BCUT2D eigenvalue weighted by Gasteiger charge is 2.26. The van der Waals surface area contributed by atoms with Crippen LogP contribution in [0.5, 0.6) is 0 Å². The monoisotopic (exact) mass is 590 g/mol. The van der Waals surface area contributed by atoms with E-state index >= 15 is 0 Å². The smallest absolute Gasteiger partial charge is 0.357 e. The summed E-state index contributed by atoms with van der Waals surface area (Å²) < 4.78 is 6.79. The molecular weight excluding hydrogens is 556 g/mol. The Balaban J connectivity index is 1.26. The van der Waals surface area contributed by atoms with E-state index in [1.165, 1.54) is 16.9 Å². The van der Waals surface area contributed by atoms with Gasteiger partial charge in [0.2, 0.25) is 0 Å². The zero-order chi connectivity index (χ0) is 30.0. The van der Waals surface area contributed by atoms with Crippen molar-refractivity contribution in [2.24, 2.45) is 0 Å². The number of carbonyl (C=O) groups excluding carboxylic acids is 2. The SMILES string of the molecule is CC(C)(C)OC(=O)c1nc(N2CCc3cccc(C(=O)Nc4nc5ccccc5s4)c3C2)ccc1CCc1ccccc1. The number of thiazole rings is 1. The maximum Gasteiger partial charge on any atom is 0.357 e. The summed E-state index contributed by atoms with van der Waals surface area (Å²) in [6.07, 6.45) is 2.23. The average Bonchev–Trinajstić information content (AvgIpc) is 3.41. The first-order valence-corrected chi connectivity index (χ1v) is 15.3. The van der Waals surface area contributed by atoms with Gasteiger partial charge in [-0.25, -0.2) is 14.8 Å². The minimum Gasteiger partial charge on any atom is -0.455 e. The summed E-state index contributed by atoms with van der Waals surface area (Å²) in [4.78, 5) is 38.4. The molecule has 0 atom stereocenters. The van der Waals surface area contributed by atoms with Crippen molar-refractivity contribution >= 4 is 44.4 Å². The highest BCUT2D eigenvalue weighted by molar-refractivity contribution is 7.22. The zero-order valence-corrected chi connectivity index (χ0v) is 25.4. The summed E-state index contributed by atoms with van der Waals surface area (Å²) in [6.45, 7) is 6.81. The second kappa shape index (κ2) is 12.0. The molecule has 1 N–H and O–H groups in total. The van der Waals surface area contributed by atoms with Gasteiger partial charge in [0.15, 0.2) is 10.8 Å². The second-order valence-corrected chi connectivity index (χ2v) is 12.8. The van der Waals surface area contributed by atoms with Gasteiger partial charge in [0.1, 0.15) is 11.4 Å². The van der Waals surface area contributed by atoms with Gasteiger partial charge in [0.05, 0.1) is 10.2 Å². The fourth-order valence-electron chi connectivity index (χ4n) is 5.36. The van der Waals surface area contributed by atoms with Crippen LogP contribution in [0.3, 0.4) is 0 Å². The van der Waals surface area contributed by atoms with Crippen LogP contribution in [0.2, 0.25) is 0 Å². The van der Waals surface area contributed by atoms with Crippen molar-refractivity contribution in [2.75, 3.05) is 16.8 Å². The lowest BCUT2D eigenvalue weighted by Crippen LogP contribution is -2.33. The highest BCUT2D eigenvalue weighted by Crippen LogP contribution is 2.30. The van der Waals surface area contributed by atoms with E-state index in [2.05, 4.69) is 33.4 Å². The number of amides is 1. The molecule has 0 radical (unpaired) electrons. The number of aryl methyl sites for hydroxylation is 2. The average molecular weight is 591 g/mol. The summed E-state index contributed by atoms with van der Waals surface area (Å²) in [5, 5.41) is 3.58. The first-order chi connectivity index (χ1) is 20.7. The molecule has 7 nitrogen and oxygen atoms in total. The molecule has 43 heavy (non-hydrogen) atoms. The zero-order valence-electron chi connectivity index (χ0n) is 24.6. The number of anilines is 2. The summed E-state index contributed by atoms with van der Waals surface area (Å²) in [5.74, 6) is 0.0819. The molecule has 3 aromatic carbocycles. The van der Waals surface area contributed by atoms with Gasteiger partial charge in [-0.15, -0.1) is 0 Å². The van der Waals surface area contributed by atoms with E-state index in [-0.39, 0.29) is 5.91 Å². The third-order valence-corrected chi connectivity index (χ3v) is 8.39. The van der Waals surface area contributed by atoms with Gasteiger partial charge in [-0.2, -0.15) is 0 Å². The number of hydrogen-bond donors (Lipinski definition) is 1. The Kier molecular flexibility index (Phi) is 7.95. The number of nitrogens with one attached hydrogen (secondary N) is 1. The maximum absolute atomic E-state index is 13.5. The van der Waals surface area contributed by atoms with Gasteiger partial charge in [0.25, 0.3) is 5.91 Å². The number of aromatic nitrogens is 2. The minimum atomic E-state index is -0.638. The van der Waals surface area contributed by atoms with E-state index in [1.807, 2.05) is 87.5 Å². The summed E-state index contributed by atoms with van der Waals surface area (Å²) in [7, 11) is 0. The van der Waals surface area contributed by atoms with Gasteiger partial charge in [-0.1, -0.05) is 72.0 Å². The molecule has 0 spiro atoms. The molecule has 0 fully saturated rings. The van der Waals surface area contributed by atoms with E-state index in [9.17, 15) is 9.59 Å². The van der Waals surface area contributed by atoms with E-state index in [0.717, 1.165) is 46.3 Å². The van der Waals surface area contributed by atoms with Gasteiger partial charge < -0.3 is 9.64 Å². The number of carbonyl (C=O) groups is 2. The molecule has 0 bridgehead atoms. The van der Waals surface area contributed by atoms with Crippen molar-refractivity contribution in [1.82, 2.24) is 9.97 Å². The van der Waals surface area contributed by atoms with Crippen LogP contribution in [0.25, 0.3) is 10.2 Å². The standard InChI is InChI=1S/C35H34N4O3S/c1-35(2,3)42-33(41)31-25(17-16-23-10-5-4-6-11-23)18-19-30(37-31)39-21-20-24-12-9-13-26(27(24)22-39)32(40)38-34-36-28-14-7-8-15-29(28)43-34/h4-15,18-19H,16-17,20-22H2,1-3H3,(H,36,38,40). The minimum absolute atomic E-state index is 0.184. The van der Waals surface area contributed by atoms with Crippen LogP contribution in [-0.2, 0) is 30.5 Å². The van der Waals surface area contributed by atoms with Crippen molar-refractivity contribution in [3.8, 4) is 0 Å². The quantitative estimate of drug-likeness (QED) is 0.201. The molecule has 2 aromatic heterocycles. The van der Waals surface area contributed by atoms with Gasteiger partial charge in [-0.3, -0.25) is 10.1 Å². The predicted molar refractivity (Wildman–Crippen MR) is 172 cm³/mol. The maximum atomic E-state index is 13.5. The first-order valence-electron chi connectivity index (χ1n) is 14.5. The molecular formula is C35H34N4O3S. The predicted octanol–water partition coefficient (Wildman–Crippen LogP) is 7.25. The molecule has 0 aliphatic carbocycles. The second-order valence-electron chi connectivity index (χ2n) is 11.7. The molecule has 3 heterocycles. The van der Waals surface area contributed by atoms with E-state index in [0.29, 0.717) is 35.2 Å².